The van der Waals surface area contributed by atoms with Crippen LogP contribution in [0.15, 0.2) is 0 Å². The van der Waals surface area contributed by atoms with E-state index >= 15 is 0 Å². The van der Waals surface area contributed by atoms with Crippen LogP contribution in [0.3, 0.4) is 0 Å². The van der Waals surface area contributed by atoms with Crippen LogP contribution >= 0.6 is 23.5 Å². The van der Waals surface area contributed by atoms with Crippen LogP contribution in [0.1, 0.15) is 19.3 Å². The Kier molecular flexibility index (Phi) is 8.88. The molecule has 0 aromatic carbocycles. The minimum absolute atomic E-state index is 0.0339. The number of rotatable bonds is 10. The number of carbonyl (C=O) groups excluding carboxylic acids is 1. The molecule has 3 unspecified atom stereocenters. The highest BCUT2D eigenvalue weighted by Crippen LogP contribution is 2.66. The van der Waals surface area contributed by atoms with Gasteiger partial charge in [0.05, 0.1) is 13.0 Å². The van der Waals surface area contributed by atoms with Crippen molar-refractivity contribution in [2.24, 2.45) is 0 Å². The summed E-state index contributed by atoms with van der Waals surface area (Å²) in [5.74, 6) is 1.57. The number of carbonyl (C=O) groups is 1. The second-order valence-electron chi connectivity index (χ2n) is 5.07. The lowest BCUT2D eigenvalue weighted by molar-refractivity contribution is -0.152. The van der Waals surface area contributed by atoms with E-state index in [4.69, 9.17) is 38.4 Å². The zero-order chi connectivity index (χ0) is 20.9. The minimum atomic E-state index is -5.63. The molecule has 1 aliphatic rings. The molecule has 13 nitrogen and oxygen atoms in total. The molecule has 0 aliphatic carbocycles. The van der Waals surface area contributed by atoms with Crippen LogP contribution in [0.5, 0.6) is 0 Å². The van der Waals surface area contributed by atoms with Crippen LogP contribution in [0.2, 0.25) is 0 Å². The van der Waals surface area contributed by atoms with Gasteiger partial charge in [0.1, 0.15) is 20.1 Å². The van der Waals surface area contributed by atoms with E-state index < -0.39 is 54.3 Å². The Bertz CT molecular complexity index is 714. The summed E-state index contributed by atoms with van der Waals surface area (Å²) in [6, 6.07) is -0.884. The van der Waals surface area contributed by atoms with Gasteiger partial charge in [-0.2, -0.15) is 8.62 Å². The summed E-state index contributed by atoms with van der Waals surface area (Å²) in [5.41, 5.74) is 0. The van der Waals surface area contributed by atoms with Gasteiger partial charge in [0.15, 0.2) is 0 Å². The maximum absolute atomic E-state index is 11.7. The van der Waals surface area contributed by atoms with Gasteiger partial charge < -0.3 is 29.0 Å². The summed E-state index contributed by atoms with van der Waals surface area (Å²) in [5, 5.41) is 0. The van der Waals surface area contributed by atoms with Crippen LogP contribution < -0.4 is 0 Å². The lowest BCUT2D eigenvalue weighted by Gasteiger charge is -2.21. The largest absolute Gasteiger partial charge is 0.490 e. The maximum Gasteiger partial charge on any atom is 0.490 e. The van der Waals surface area contributed by atoms with E-state index in [1.54, 1.807) is 0 Å². The molecule has 0 saturated carbocycles. The second-order valence-corrected chi connectivity index (χ2v) is 9.49. The summed E-state index contributed by atoms with van der Waals surface area (Å²) in [6.45, 7) is -0.773. The summed E-state index contributed by atoms with van der Waals surface area (Å²) < 4.78 is 55.2. The van der Waals surface area contributed by atoms with Gasteiger partial charge in [-0.05, 0) is 0 Å². The molecule has 2 radical (unpaired) electrons. The highest BCUT2D eigenvalue weighted by Gasteiger charge is 2.43. The SMILES string of the molecule is [B][C@H]1CC(OC(=O)CCC#C)[C@@H](COP(=O)(O)OP(=O)(O)OP(=O)(O)O)O1. The fourth-order valence-electron chi connectivity index (χ4n) is 1.89. The van der Waals surface area contributed by atoms with E-state index in [0.29, 0.717) is 0 Å². The predicted molar refractivity (Wildman–Crippen MR) is 86.8 cm³/mol. The van der Waals surface area contributed by atoms with Crippen molar-refractivity contribution in [2.45, 2.75) is 37.5 Å². The van der Waals surface area contributed by atoms with E-state index in [1.807, 2.05) is 0 Å². The monoisotopic (exact) mass is 448 g/mol. The average molecular weight is 448 g/mol. The predicted octanol–water partition coefficient (Wildman–Crippen LogP) is -0.0616. The van der Waals surface area contributed by atoms with E-state index in [-0.39, 0.29) is 19.3 Å². The third-order valence-corrected chi connectivity index (χ3v) is 6.61. The third kappa shape index (κ3) is 9.99. The van der Waals surface area contributed by atoms with Gasteiger partial charge in [-0.15, -0.1) is 12.3 Å². The van der Waals surface area contributed by atoms with Crippen LogP contribution in [-0.2, 0) is 41.1 Å². The molecule has 1 fully saturated rings. The molecule has 0 aromatic rings. The molecule has 1 saturated heterocycles. The topological polar surface area (TPSA) is 195 Å². The Labute approximate surface area is 155 Å². The fraction of sp³-hybridized carbons (Fsp3) is 0.700. The Hall–Kier alpha value is -0.535. The summed E-state index contributed by atoms with van der Waals surface area (Å²) in [7, 11) is -10.9. The molecule has 0 amide bonds. The Morgan fingerprint density at radius 2 is 1.81 bits per heavy atom. The van der Waals surface area contributed by atoms with Crippen molar-refractivity contribution in [1.82, 2.24) is 0 Å². The van der Waals surface area contributed by atoms with Crippen molar-refractivity contribution in [2.75, 3.05) is 6.61 Å². The quantitative estimate of drug-likeness (QED) is 0.150. The van der Waals surface area contributed by atoms with E-state index in [9.17, 15) is 23.4 Å². The van der Waals surface area contributed by atoms with Crippen molar-refractivity contribution in [3.8, 4) is 12.3 Å². The van der Waals surface area contributed by atoms with Gasteiger partial charge in [0.25, 0.3) is 0 Å². The first-order chi connectivity index (χ1) is 12.2. The standard InChI is InChI=1S/C10H16BO13P3/c1-2-3-4-10(12)22-7-5-9(11)21-8(7)6-20-26(16,17)24-27(18,19)23-25(13,14)15/h1,7-9H,3-6H2,(H,16,17)(H,18,19)(H2,13,14,15)/t7?,8-,9-/m1/s1. The van der Waals surface area contributed by atoms with Crippen LogP contribution in [-0.4, -0.2) is 58.2 Å². The fourth-order valence-corrected chi connectivity index (χ4v) is 4.92. The number of esters is 1. The van der Waals surface area contributed by atoms with Crippen LogP contribution in [0.25, 0.3) is 0 Å². The molecule has 5 atom stereocenters. The first kappa shape index (κ1) is 24.5. The Morgan fingerprint density at radius 1 is 1.19 bits per heavy atom. The second kappa shape index (κ2) is 9.79. The molecule has 27 heavy (non-hydrogen) atoms. The lowest BCUT2D eigenvalue weighted by atomic mass is 9.96. The lowest BCUT2D eigenvalue weighted by Crippen LogP contribution is -2.31. The van der Waals surface area contributed by atoms with Gasteiger partial charge in [-0.25, -0.2) is 13.7 Å². The number of terminal acetylenes is 1. The highest BCUT2D eigenvalue weighted by molar-refractivity contribution is 7.66. The van der Waals surface area contributed by atoms with Crippen molar-refractivity contribution >= 4 is 37.3 Å². The molecule has 0 bridgehead atoms. The summed E-state index contributed by atoms with van der Waals surface area (Å²) >= 11 is 0. The van der Waals surface area contributed by atoms with Crippen molar-refractivity contribution in [3.05, 3.63) is 0 Å². The van der Waals surface area contributed by atoms with Crippen molar-refractivity contribution < 1.29 is 60.7 Å². The highest BCUT2D eigenvalue weighted by atomic mass is 31.3. The molecule has 1 heterocycles. The molecule has 4 N–H and O–H groups in total. The number of hydrogen-bond donors (Lipinski definition) is 4. The van der Waals surface area contributed by atoms with Gasteiger partial charge in [0.2, 0.25) is 0 Å². The molecular weight excluding hydrogens is 432 g/mol. The maximum atomic E-state index is 11.7. The van der Waals surface area contributed by atoms with Crippen molar-refractivity contribution in [3.63, 3.8) is 0 Å². The van der Waals surface area contributed by atoms with E-state index in [0.717, 1.165) is 0 Å². The molecular formula is C10H16BO13P3. The molecule has 17 heteroatoms. The van der Waals surface area contributed by atoms with Gasteiger partial charge in [-0.1, -0.05) is 0 Å². The van der Waals surface area contributed by atoms with Gasteiger partial charge >= 0.3 is 29.4 Å². The first-order valence-corrected chi connectivity index (χ1v) is 11.6. The smallest absolute Gasteiger partial charge is 0.459 e. The number of phosphoric acid groups is 3. The average Bonchev–Trinajstić information content (AvgIpc) is 2.79. The Morgan fingerprint density at radius 3 is 2.37 bits per heavy atom. The van der Waals surface area contributed by atoms with Crippen molar-refractivity contribution in [1.29, 1.82) is 0 Å². The molecule has 0 spiro atoms. The number of ether oxygens (including phenoxy) is 2. The molecule has 152 valence electrons. The Balaban J connectivity index is 2.64. The molecule has 0 aromatic heterocycles. The van der Waals surface area contributed by atoms with Crippen LogP contribution in [0.4, 0.5) is 0 Å². The third-order valence-electron chi connectivity index (χ3n) is 2.80. The summed E-state index contributed by atoms with van der Waals surface area (Å²) in [6.07, 6.45) is 3.02. The van der Waals surface area contributed by atoms with E-state index in [2.05, 4.69) is 19.1 Å². The van der Waals surface area contributed by atoms with Gasteiger partial charge in [-0.3, -0.25) is 9.32 Å². The minimum Gasteiger partial charge on any atom is -0.459 e. The first-order valence-electron chi connectivity index (χ1n) is 7.05. The van der Waals surface area contributed by atoms with Gasteiger partial charge in [0, 0.05) is 18.8 Å². The summed E-state index contributed by atoms with van der Waals surface area (Å²) in [4.78, 5) is 46.9. The zero-order valence-corrected chi connectivity index (χ0v) is 16.2. The number of phosphoric ester groups is 1. The zero-order valence-electron chi connectivity index (χ0n) is 13.5. The normalized spacial score (nSPS) is 27.3. The van der Waals surface area contributed by atoms with Crippen LogP contribution in [0, 0.1) is 12.3 Å². The van der Waals surface area contributed by atoms with E-state index in [1.165, 1.54) is 0 Å². The molecule has 1 rings (SSSR count). The number of hydrogen-bond acceptors (Lipinski definition) is 9. The molecule has 1 aliphatic heterocycles.